The highest BCUT2D eigenvalue weighted by Crippen LogP contribution is 2.59. The van der Waals surface area contributed by atoms with Crippen molar-refractivity contribution in [2.75, 3.05) is 0 Å². The molecular formula is C19H36. The van der Waals surface area contributed by atoms with Gasteiger partial charge in [-0.2, -0.15) is 0 Å². The Bertz CT molecular complexity index is 293. The van der Waals surface area contributed by atoms with Crippen LogP contribution in [-0.4, -0.2) is 0 Å². The predicted octanol–water partition coefficient (Wildman–Crippen LogP) is 6.01. The summed E-state index contributed by atoms with van der Waals surface area (Å²) < 4.78 is 0. The minimum absolute atomic E-state index is 0.541. The van der Waals surface area contributed by atoms with Gasteiger partial charge in [0.05, 0.1) is 0 Å². The van der Waals surface area contributed by atoms with Crippen LogP contribution in [-0.2, 0) is 0 Å². The van der Waals surface area contributed by atoms with Crippen molar-refractivity contribution in [3.63, 3.8) is 0 Å². The van der Waals surface area contributed by atoms with Crippen LogP contribution in [0.1, 0.15) is 74.1 Å². The van der Waals surface area contributed by atoms with Crippen LogP contribution in [0.15, 0.2) is 0 Å². The van der Waals surface area contributed by atoms with Crippen molar-refractivity contribution in [2.24, 2.45) is 46.8 Å². The van der Waals surface area contributed by atoms with Crippen LogP contribution < -0.4 is 0 Å². The van der Waals surface area contributed by atoms with E-state index in [4.69, 9.17) is 0 Å². The topological polar surface area (TPSA) is 0 Å². The first-order chi connectivity index (χ1) is 8.77. The molecule has 2 saturated carbocycles. The second-order valence-corrected chi connectivity index (χ2v) is 8.76. The molecule has 0 N–H and O–H groups in total. The standard InChI is InChI=1S/C19H36/c1-12(2)19(7,13(3)4)11-18-15(6)17(18)10-16-9-8-14(16)5/h12-18H,8-11H2,1-7H3. The van der Waals surface area contributed by atoms with Crippen molar-refractivity contribution in [3.05, 3.63) is 0 Å². The van der Waals surface area contributed by atoms with Crippen LogP contribution in [0.2, 0.25) is 0 Å². The fourth-order valence-corrected chi connectivity index (χ4v) is 4.44. The smallest absolute Gasteiger partial charge is 0.0277 e. The van der Waals surface area contributed by atoms with Gasteiger partial charge in [0.25, 0.3) is 0 Å². The van der Waals surface area contributed by atoms with Crippen LogP contribution in [0.4, 0.5) is 0 Å². The van der Waals surface area contributed by atoms with Gasteiger partial charge in [0.15, 0.2) is 0 Å². The van der Waals surface area contributed by atoms with E-state index in [-0.39, 0.29) is 0 Å². The second-order valence-electron chi connectivity index (χ2n) is 8.76. The third kappa shape index (κ3) is 2.88. The summed E-state index contributed by atoms with van der Waals surface area (Å²) in [6.07, 6.45) is 6.02. The maximum atomic E-state index is 2.54. The Morgan fingerprint density at radius 1 is 0.947 bits per heavy atom. The number of rotatable bonds is 6. The molecular weight excluding hydrogens is 228 g/mol. The largest absolute Gasteiger partial charge is 0.0622 e. The molecule has 0 nitrogen and oxygen atoms in total. The summed E-state index contributed by atoms with van der Waals surface area (Å²) in [5.41, 5.74) is 0.541. The van der Waals surface area contributed by atoms with Gasteiger partial charge in [0, 0.05) is 0 Å². The first kappa shape index (κ1) is 15.4. The Morgan fingerprint density at radius 3 is 1.89 bits per heavy atom. The zero-order valence-corrected chi connectivity index (χ0v) is 14.4. The Hall–Kier alpha value is 0. The molecule has 0 aromatic carbocycles. The van der Waals surface area contributed by atoms with E-state index in [2.05, 4.69) is 48.5 Å². The fraction of sp³-hybridized carbons (Fsp3) is 1.00. The van der Waals surface area contributed by atoms with Gasteiger partial charge in [-0.3, -0.25) is 0 Å². The fourth-order valence-electron chi connectivity index (χ4n) is 4.44. The third-order valence-corrected chi connectivity index (χ3v) is 7.45. The van der Waals surface area contributed by atoms with Gasteiger partial charge in [0.1, 0.15) is 0 Å². The zero-order chi connectivity index (χ0) is 14.4. The van der Waals surface area contributed by atoms with Crippen molar-refractivity contribution in [1.82, 2.24) is 0 Å². The van der Waals surface area contributed by atoms with Crippen LogP contribution in [0.25, 0.3) is 0 Å². The van der Waals surface area contributed by atoms with Gasteiger partial charge in [-0.05, 0) is 66.1 Å². The Kier molecular flexibility index (Phi) is 4.38. The molecule has 0 saturated heterocycles. The molecule has 0 radical (unpaired) electrons. The summed E-state index contributed by atoms with van der Waals surface area (Å²) in [6.45, 7) is 17.2. The Labute approximate surface area is 121 Å². The highest BCUT2D eigenvalue weighted by Gasteiger charge is 2.51. The van der Waals surface area contributed by atoms with E-state index in [1.54, 1.807) is 6.42 Å². The second kappa shape index (κ2) is 5.41. The summed E-state index contributed by atoms with van der Waals surface area (Å²) in [7, 11) is 0. The van der Waals surface area contributed by atoms with Crippen molar-refractivity contribution in [3.8, 4) is 0 Å². The third-order valence-electron chi connectivity index (χ3n) is 7.45. The molecule has 0 aromatic heterocycles. The van der Waals surface area contributed by atoms with Gasteiger partial charge in [-0.1, -0.05) is 54.9 Å². The first-order valence-electron chi connectivity index (χ1n) is 8.77. The molecule has 0 bridgehead atoms. The van der Waals surface area contributed by atoms with Gasteiger partial charge in [-0.25, -0.2) is 0 Å². The van der Waals surface area contributed by atoms with E-state index in [0.29, 0.717) is 5.41 Å². The lowest BCUT2D eigenvalue weighted by molar-refractivity contribution is 0.107. The van der Waals surface area contributed by atoms with E-state index >= 15 is 0 Å². The molecule has 0 spiro atoms. The average Bonchev–Trinajstić information content (AvgIpc) is 2.92. The molecule has 2 aliphatic rings. The summed E-state index contributed by atoms with van der Waals surface area (Å²) in [5, 5.41) is 0. The summed E-state index contributed by atoms with van der Waals surface area (Å²) >= 11 is 0. The summed E-state index contributed by atoms with van der Waals surface area (Å²) in [4.78, 5) is 0. The van der Waals surface area contributed by atoms with Gasteiger partial charge >= 0.3 is 0 Å². The lowest BCUT2D eigenvalue weighted by Gasteiger charge is -2.39. The minimum atomic E-state index is 0.541. The van der Waals surface area contributed by atoms with Gasteiger partial charge < -0.3 is 0 Å². The summed E-state index contributed by atoms with van der Waals surface area (Å²) in [6, 6.07) is 0. The maximum Gasteiger partial charge on any atom is -0.0277 e. The monoisotopic (exact) mass is 264 g/mol. The molecule has 112 valence electrons. The minimum Gasteiger partial charge on any atom is -0.0622 e. The molecule has 5 unspecified atom stereocenters. The van der Waals surface area contributed by atoms with Crippen molar-refractivity contribution < 1.29 is 0 Å². The lowest BCUT2D eigenvalue weighted by atomic mass is 9.66. The average molecular weight is 264 g/mol. The van der Waals surface area contributed by atoms with Crippen molar-refractivity contribution in [2.45, 2.75) is 74.1 Å². The molecule has 2 rings (SSSR count). The number of hydrogen-bond donors (Lipinski definition) is 0. The van der Waals surface area contributed by atoms with E-state index in [1.165, 1.54) is 19.3 Å². The van der Waals surface area contributed by atoms with E-state index in [0.717, 1.165) is 41.4 Å². The molecule has 0 heteroatoms. The molecule has 0 aliphatic heterocycles. The highest BCUT2D eigenvalue weighted by atomic mass is 14.6. The SMILES string of the molecule is CC1CCC1CC1C(C)C1CC(C)(C(C)C)C(C)C. The Morgan fingerprint density at radius 2 is 1.53 bits per heavy atom. The number of hydrogen-bond acceptors (Lipinski definition) is 0. The quantitative estimate of drug-likeness (QED) is 0.551. The lowest BCUT2D eigenvalue weighted by Crippen LogP contribution is -2.30. The van der Waals surface area contributed by atoms with Crippen LogP contribution >= 0.6 is 0 Å². The van der Waals surface area contributed by atoms with Crippen LogP contribution in [0.5, 0.6) is 0 Å². The first-order valence-corrected chi connectivity index (χ1v) is 8.77. The summed E-state index contributed by atoms with van der Waals surface area (Å²) in [5.74, 6) is 6.81. The molecule has 2 fully saturated rings. The van der Waals surface area contributed by atoms with Gasteiger partial charge in [-0.15, -0.1) is 0 Å². The van der Waals surface area contributed by atoms with E-state index in [9.17, 15) is 0 Å². The van der Waals surface area contributed by atoms with Crippen LogP contribution in [0, 0.1) is 46.8 Å². The molecule has 0 amide bonds. The van der Waals surface area contributed by atoms with E-state index in [1.807, 2.05) is 0 Å². The predicted molar refractivity (Wildman–Crippen MR) is 85.0 cm³/mol. The molecule has 5 atom stereocenters. The van der Waals surface area contributed by atoms with Gasteiger partial charge in [0.2, 0.25) is 0 Å². The van der Waals surface area contributed by atoms with E-state index < -0.39 is 0 Å². The Balaban J connectivity index is 1.89. The normalized spacial score (nSPS) is 38.7. The molecule has 0 heterocycles. The molecule has 2 aliphatic carbocycles. The molecule has 19 heavy (non-hydrogen) atoms. The molecule has 0 aromatic rings. The maximum absolute atomic E-state index is 2.54. The van der Waals surface area contributed by atoms with Crippen molar-refractivity contribution in [1.29, 1.82) is 0 Å². The van der Waals surface area contributed by atoms with Crippen molar-refractivity contribution >= 4 is 0 Å². The van der Waals surface area contributed by atoms with Crippen LogP contribution in [0.3, 0.4) is 0 Å². The zero-order valence-electron chi connectivity index (χ0n) is 14.4. The highest BCUT2D eigenvalue weighted by molar-refractivity contribution is 5.00.